The normalized spacial score (nSPS) is 26.8. The van der Waals surface area contributed by atoms with E-state index >= 15 is 0 Å². The molecule has 0 spiro atoms. The van der Waals surface area contributed by atoms with Crippen molar-refractivity contribution in [3.05, 3.63) is 0 Å². The molecule has 1 atom stereocenters. The molecule has 1 unspecified atom stereocenters. The zero-order valence-corrected chi connectivity index (χ0v) is 12.5. The van der Waals surface area contributed by atoms with Crippen molar-refractivity contribution in [2.24, 2.45) is 11.7 Å². The number of likely N-dealkylation sites (N-methyl/N-ethyl adjacent to an activating group) is 1. The number of rotatable bonds is 4. The number of piperidine rings is 1. The van der Waals surface area contributed by atoms with Gasteiger partial charge in [0.15, 0.2) is 0 Å². The molecule has 19 heavy (non-hydrogen) atoms. The van der Waals surface area contributed by atoms with Gasteiger partial charge in [-0.2, -0.15) is 0 Å². The number of nitrogens with two attached hydrogens (primary N) is 1. The molecule has 2 saturated heterocycles. The third kappa shape index (κ3) is 3.03. The molecule has 0 aliphatic carbocycles. The Kier molecular flexibility index (Phi) is 4.68. The fourth-order valence-electron chi connectivity index (χ4n) is 3.35. The Morgan fingerprint density at radius 3 is 2.42 bits per heavy atom. The number of carbonyl (C=O) groups is 1. The van der Waals surface area contributed by atoms with Crippen molar-refractivity contribution >= 4 is 6.03 Å². The Bertz CT molecular complexity index is 313. The van der Waals surface area contributed by atoms with E-state index in [2.05, 4.69) is 23.6 Å². The first kappa shape index (κ1) is 14.6. The van der Waals surface area contributed by atoms with Crippen molar-refractivity contribution in [3.8, 4) is 0 Å². The lowest BCUT2D eigenvalue weighted by Gasteiger charge is -2.36. The van der Waals surface area contributed by atoms with Crippen LogP contribution in [-0.4, -0.2) is 72.6 Å². The van der Waals surface area contributed by atoms with E-state index in [4.69, 9.17) is 5.73 Å². The van der Waals surface area contributed by atoms with Gasteiger partial charge in [-0.15, -0.1) is 0 Å². The summed E-state index contributed by atoms with van der Waals surface area (Å²) in [6.45, 7) is 9.14. The van der Waals surface area contributed by atoms with Gasteiger partial charge >= 0.3 is 6.03 Å². The van der Waals surface area contributed by atoms with Crippen LogP contribution >= 0.6 is 0 Å². The van der Waals surface area contributed by atoms with Crippen LogP contribution in [0.5, 0.6) is 0 Å². The summed E-state index contributed by atoms with van der Waals surface area (Å²) in [5, 5.41) is 0. The number of carbonyl (C=O) groups excluding carboxylic acids is 1. The number of likely N-dealkylation sites (tertiary alicyclic amines) is 1. The van der Waals surface area contributed by atoms with E-state index in [0.717, 1.165) is 45.6 Å². The zero-order valence-electron chi connectivity index (χ0n) is 12.5. The van der Waals surface area contributed by atoms with Crippen LogP contribution in [0.25, 0.3) is 0 Å². The van der Waals surface area contributed by atoms with E-state index in [0.29, 0.717) is 18.0 Å². The van der Waals surface area contributed by atoms with Gasteiger partial charge in [0.05, 0.1) is 6.04 Å². The van der Waals surface area contributed by atoms with E-state index in [1.165, 1.54) is 0 Å². The Balaban J connectivity index is 1.91. The maximum Gasteiger partial charge on any atom is 0.320 e. The van der Waals surface area contributed by atoms with Crippen molar-refractivity contribution in [3.63, 3.8) is 0 Å². The predicted octanol–water partition coefficient (Wildman–Crippen LogP) is 0.802. The van der Waals surface area contributed by atoms with Gasteiger partial charge in [-0.05, 0) is 18.8 Å². The predicted molar refractivity (Wildman–Crippen MR) is 77.0 cm³/mol. The lowest BCUT2D eigenvalue weighted by Crippen LogP contribution is -2.47. The van der Waals surface area contributed by atoms with Crippen molar-refractivity contribution in [2.45, 2.75) is 38.8 Å². The molecule has 0 aromatic heterocycles. The molecule has 2 fully saturated rings. The second kappa shape index (κ2) is 6.09. The Labute approximate surface area is 116 Å². The monoisotopic (exact) mass is 268 g/mol. The van der Waals surface area contributed by atoms with E-state index in [1.54, 1.807) is 0 Å². The van der Waals surface area contributed by atoms with Crippen LogP contribution in [0.2, 0.25) is 0 Å². The molecule has 0 aromatic rings. The number of hydrogen-bond donors (Lipinski definition) is 1. The summed E-state index contributed by atoms with van der Waals surface area (Å²) in [4.78, 5) is 18.8. The molecule has 2 rings (SSSR count). The van der Waals surface area contributed by atoms with Crippen molar-refractivity contribution in [1.29, 1.82) is 0 Å². The van der Waals surface area contributed by atoms with E-state index < -0.39 is 0 Å². The van der Waals surface area contributed by atoms with Crippen molar-refractivity contribution < 1.29 is 4.79 Å². The highest BCUT2D eigenvalue weighted by atomic mass is 16.2. The summed E-state index contributed by atoms with van der Waals surface area (Å²) >= 11 is 0. The van der Waals surface area contributed by atoms with Crippen molar-refractivity contribution in [2.75, 3.05) is 39.8 Å². The summed E-state index contributed by atoms with van der Waals surface area (Å²) in [7, 11) is 1.94. The Morgan fingerprint density at radius 1 is 1.32 bits per heavy atom. The molecule has 2 aliphatic rings. The van der Waals surface area contributed by atoms with Gasteiger partial charge in [-0.1, -0.05) is 13.8 Å². The standard InChI is InChI=1S/C14H28N4O/c1-11(2)13-10-18(14(19)16(13)3)12-4-7-17(8-5-12)9-6-15/h11-13H,4-10,15H2,1-3H3. The average molecular weight is 268 g/mol. The van der Waals surface area contributed by atoms with Gasteiger partial charge < -0.3 is 20.4 Å². The Hall–Kier alpha value is -0.810. The molecule has 5 heteroatoms. The highest BCUT2D eigenvalue weighted by molar-refractivity contribution is 5.77. The SMILES string of the molecule is CC(C)C1CN(C2CCN(CCN)CC2)C(=O)N1C. The summed E-state index contributed by atoms with van der Waals surface area (Å²) in [6.07, 6.45) is 2.18. The first-order chi connectivity index (χ1) is 9.04. The van der Waals surface area contributed by atoms with E-state index in [9.17, 15) is 4.79 Å². The van der Waals surface area contributed by atoms with Crippen LogP contribution in [0, 0.1) is 5.92 Å². The van der Waals surface area contributed by atoms with Crippen LogP contribution in [-0.2, 0) is 0 Å². The van der Waals surface area contributed by atoms with Gasteiger partial charge in [0.1, 0.15) is 0 Å². The lowest BCUT2D eigenvalue weighted by atomic mass is 10.0. The second-order valence-electron chi connectivity index (χ2n) is 6.22. The molecule has 0 aromatic carbocycles. The molecular formula is C14H28N4O. The fourth-order valence-corrected chi connectivity index (χ4v) is 3.35. The molecule has 2 heterocycles. The minimum atomic E-state index is 0.218. The summed E-state index contributed by atoms with van der Waals surface area (Å²) < 4.78 is 0. The van der Waals surface area contributed by atoms with Crippen molar-refractivity contribution in [1.82, 2.24) is 14.7 Å². The second-order valence-corrected chi connectivity index (χ2v) is 6.22. The lowest BCUT2D eigenvalue weighted by molar-refractivity contribution is 0.133. The van der Waals surface area contributed by atoms with Gasteiger partial charge in [0.2, 0.25) is 0 Å². The smallest absolute Gasteiger partial charge is 0.320 e. The van der Waals surface area contributed by atoms with Gasteiger partial charge in [0.25, 0.3) is 0 Å². The van der Waals surface area contributed by atoms with Crippen LogP contribution in [0.3, 0.4) is 0 Å². The summed E-state index contributed by atoms with van der Waals surface area (Å²) in [5.74, 6) is 0.524. The highest BCUT2D eigenvalue weighted by Gasteiger charge is 2.40. The zero-order chi connectivity index (χ0) is 14.0. The molecule has 2 N–H and O–H groups in total. The molecule has 2 aliphatic heterocycles. The summed E-state index contributed by atoms with van der Waals surface area (Å²) in [6, 6.07) is 1.01. The largest absolute Gasteiger partial charge is 0.329 e. The molecule has 110 valence electrons. The molecule has 5 nitrogen and oxygen atoms in total. The minimum Gasteiger partial charge on any atom is -0.329 e. The minimum absolute atomic E-state index is 0.218. The van der Waals surface area contributed by atoms with Gasteiger partial charge in [0, 0.05) is 45.8 Å². The third-order valence-corrected chi connectivity index (χ3v) is 4.64. The number of urea groups is 1. The first-order valence-electron chi connectivity index (χ1n) is 7.50. The topological polar surface area (TPSA) is 52.8 Å². The highest BCUT2D eigenvalue weighted by Crippen LogP contribution is 2.26. The van der Waals surface area contributed by atoms with Crippen LogP contribution < -0.4 is 5.73 Å². The first-order valence-corrected chi connectivity index (χ1v) is 7.50. The maximum atomic E-state index is 12.3. The molecular weight excluding hydrogens is 240 g/mol. The molecule has 0 saturated carbocycles. The third-order valence-electron chi connectivity index (χ3n) is 4.64. The average Bonchev–Trinajstić information content (AvgIpc) is 2.68. The van der Waals surface area contributed by atoms with Gasteiger partial charge in [-0.3, -0.25) is 0 Å². The number of amides is 2. The van der Waals surface area contributed by atoms with Crippen LogP contribution in [0.1, 0.15) is 26.7 Å². The fraction of sp³-hybridized carbons (Fsp3) is 0.929. The quantitative estimate of drug-likeness (QED) is 0.820. The van der Waals surface area contributed by atoms with E-state index in [-0.39, 0.29) is 6.03 Å². The van der Waals surface area contributed by atoms with Crippen LogP contribution in [0.4, 0.5) is 4.79 Å². The molecule has 0 bridgehead atoms. The van der Waals surface area contributed by atoms with E-state index in [1.807, 2.05) is 11.9 Å². The number of hydrogen-bond acceptors (Lipinski definition) is 3. The van der Waals surface area contributed by atoms with Gasteiger partial charge in [-0.25, -0.2) is 4.79 Å². The summed E-state index contributed by atoms with van der Waals surface area (Å²) in [5.41, 5.74) is 5.60. The van der Waals surface area contributed by atoms with Crippen LogP contribution in [0.15, 0.2) is 0 Å². The Morgan fingerprint density at radius 2 is 1.95 bits per heavy atom. The molecule has 0 radical (unpaired) electrons. The molecule has 2 amide bonds. The number of nitrogens with zero attached hydrogens (tertiary/aromatic N) is 3. The maximum absolute atomic E-state index is 12.3.